The molecule has 1 aromatic rings. The largest absolute Gasteiger partial charge is 0.507 e. The van der Waals surface area contributed by atoms with Crippen molar-refractivity contribution in [2.45, 2.75) is 25.6 Å². The molecule has 0 aliphatic carbocycles. The van der Waals surface area contributed by atoms with E-state index < -0.39 is 5.60 Å². The summed E-state index contributed by atoms with van der Waals surface area (Å²) in [6.07, 6.45) is -0.203. The highest BCUT2D eigenvalue weighted by Gasteiger charge is 2.36. The fourth-order valence-electron chi connectivity index (χ4n) is 2.56. The summed E-state index contributed by atoms with van der Waals surface area (Å²) < 4.78 is 10.9. The standard InChI is InChI=1S/C15H22N2O4/c1-15(2)9-17(8-11(7-16)21-15)14(19)12-6-10(20-3)4-5-13(12)18/h4-6,11,18H,7-9,16H2,1-3H3. The number of carbonyl (C=O) groups excluding carboxylic acids is 1. The number of morpholine rings is 1. The van der Waals surface area contributed by atoms with Crippen molar-refractivity contribution in [1.82, 2.24) is 4.90 Å². The first kappa shape index (κ1) is 15.6. The molecule has 1 saturated heterocycles. The zero-order chi connectivity index (χ0) is 15.6. The van der Waals surface area contributed by atoms with Crippen LogP contribution in [-0.2, 0) is 4.74 Å². The summed E-state index contributed by atoms with van der Waals surface area (Å²) in [5, 5.41) is 9.93. The molecule has 2 rings (SSSR count). The normalized spacial score (nSPS) is 21.1. The van der Waals surface area contributed by atoms with Crippen LogP contribution in [0.1, 0.15) is 24.2 Å². The number of amides is 1. The van der Waals surface area contributed by atoms with Crippen LogP contribution in [0.15, 0.2) is 18.2 Å². The SMILES string of the molecule is COc1ccc(O)c(C(=O)N2CC(CN)OC(C)(C)C2)c1. The van der Waals surface area contributed by atoms with Crippen molar-refractivity contribution in [2.75, 3.05) is 26.7 Å². The maximum Gasteiger partial charge on any atom is 0.257 e. The number of methoxy groups -OCH3 is 1. The molecular weight excluding hydrogens is 272 g/mol. The number of phenolic OH excluding ortho intramolecular Hbond substituents is 1. The highest BCUT2D eigenvalue weighted by molar-refractivity contribution is 5.97. The number of hydrogen-bond donors (Lipinski definition) is 2. The number of hydrogen-bond acceptors (Lipinski definition) is 5. The van der Waals surface area contributed by atoms with Gasteiger partial charge in [0.15, 0.2) is 0 Å². The van der Waals surface area contributed by atoms with Crippen molar-refractivity contribution in [2.24, 2.45) is 5.73 Å². The minimum atomic E-state index is -0.466. The Hall–Kier alpha value is -1.79. The lowest BCUT2D eigenvalue weighted by molar-refractivity contribution is -0.122. The van der Waals surface area contributed by atoms with E-state index in [9.17, 15) is 9.90 Å². The van der Waals surface area contributed by atoms with E-state index in [1.54, 1.807) is 11.0 Å². The fourth-order valence-corrected chi connectivity index (χ4v) is 2.56. The maximum atomic E-state index is 12.7. The Morgan fingerprint density at radius 3 is 2.90 bits per heavy atom. The Morgan fingerprint density at radius 1 is 1.57 bits per heavy atom. The summed E-state index contributed by atoms with van der Waals surface area (Å²) in [5.74, 6) is 0.217. The highest BCUT2D eigenvalue weighted by Crippen LogP contribution is 2.27. The smallest absolute Gasteiger partial charge is 0.257 e. The van der Waals surface area contributed by atoms with E-state index in [-0.39, 0.29) is 23.3 Å². The molecule has 21 heavy (non-hydrogen) atoms. The molecule has 116 valence electrons. The van der Waals surface area contributed by atoms with Crippen LogP contribution in [0.3, 0.4) is 0 Å². The average Bonchev–Trinajstić information content (AvgIpc) is 2.45. The molecule has 0 aromatic heterocycles. The summed E-state index contributed by atoms with van der Waals surface area (Å²) in [7, 11) is 1.52. The first-order chi connectivity index (χ1) is 9.86. The number of rotatable bonds is 3. The third-order valence-corrected chi connectivity index (χ3v) is 3.47. The van der Waals surface area contributed by atoms with E-state index in [2.05, 4.69) is 0 Å². The van der Waals surface area contributed by atoms with Crippen LogP contribution < -0.4 is 10.5 Å². The van der Waals surface area contributed by atoms with Gasteiger partial charge in [-0.3, -0.25) is 4.79 Å². The Kier molecular flexibility index (Phi) is 4.39. The summed E-state index contributed by atoms with van der Waals surface area (Å²) >= 11 is 0. The molecule has 6 nitrogen and oxygen atoms in total. The topological polar surface area (TPSA) is 85.0 Å². The molecule has 3 N–H and O–H groups in total. The van der Waals surface area contributed by atoms with Gasteiger partial charge in [-0.2, -0.15) is 0 Å². The van der Waals surface area contributed by atoms with Crippen LogP contribution >= 0.6 is 0 Å². The molecule has 1 aliphatic rings. The van der Waals surface area contributed by atoms with E-state index in [0.717, 1.165) is 0 Å². The highest BCUT2D eigenvalue weighted by atomic mass is 16.5. The minimum Gasteiger partial charge on any atom is -0.507 e. The van der Waals surface area contributed by atoms with Crippen LogP contribution in [0.2, 0.25) is 0 Å². The van der Waals surface area contributed by atoms with Crippen molar-refractivity contribution in [3.05, 3.63) is 23.8 Å². The predicted molar refractivity (Wildman–Crippen MR) is 78.6 cm³/mol. The Bertz CT molecular complexity index is 530. The van der Waals surface area contributed by atoms with Gasteiger partial charge in [-0.05, 0) is 32.0 Å². The molecule has 0 spiro atoms. The molecule has 1 fully saturated rings. The van der Waals surface area contributed by atoms with Crippen LogP contribution in [0.5, 0.6) is 11.5 Å². The van der Waals surface area contributed by atoms with Gasteiger partial charge in [0, 0.05) is 19.6 Å². The Morgan fingerprint density at radius 2 is 2.29 bits per heavy atom. The van der Waals surface area contributed by atoms with Gasteiger partial charge in [0.25, 0.3) is 5.91 Å². The van der Waals surface area contributed by atoms with Crippen LogP contribution in [0.25, 0.3) is 0 Å². The van der Waals surface area contributed by atoms with Gasteiger partial charge in [-0.15, -0.1) is 0 Å². The lowest BCUT2D eigenvalue weighted by Gasteiger charge is -2.42. The summed E-state index contributed by atoms with van der Waals surface area (Å²) in [5.41, 5.74) is 5.43. The van der Waals surface area contributed by atoms with E-state index in [0.29, 0.717) is 25.4 Å². The molecule has 6 heteroatoms. The number of nitrogens with zero attached hydrogens (tertiary/aromatic N) is 1. The molecular formula is C15H22N2O4. The number of ether oxygens (including phenoxy) is 2. The number of nitrogens with two attached hydrogens (primary N) is 1. The van der Waals surface area contributed by atoms with Gasteiger partial charge >= 0.3 is 0 Å². The minimum absolute atomic E-state index is 0.0607. The molecule has 1 heterocycles. The van der Waals surface area contributed by atoms with E-state index >= 15 is 0 Å². The second-order valence-electron chi connectivity index (χ2n) is 5.80. The summed E-state index contributed by atoms with van der Waals surface area (Å²) in [6.45, 7) is 5.03. The first-order valence-electron chi connectivity index (χ1n) is 6.90. The van der Waals surface area contributed by atoms with Crippen molar-refractivity contribution >= 4 is 5.91 Å². The van der Waals surface area contributed by atoms with E-state index in [4.69, 9.17) is 15.2 Å². The van der Waals surface area contributed by atoms with Crippen molar-refractivity contribution in [3.63, 3.8) is 0 Å². The number of benzene rings is 1. The van der Waals surface area contributed by atoms with Crippen LogP contribution in [0, 0.1) is 0 Å². The molecule has 0 radical (unpaired) electrons. The number of carbonyl (C=O) groups is 1. The fraction of sp³-hybridized carbons (Fsp3) is 0.533. The lowest BCUT2D eigenvalue weighted by Crippen LogP contribution is -2.56. The lowest BCUT2D eigenvalue weighted by atomic mass is 10.0. The van der Waals surface area contributed by atoms with Gasteiger partial charge < -0.3 is 25.2 Å². The monoisotopic (exact) mass is 294 g/mol. The Labute approximate surface area is 124 Å². The van der Waals surface area contributed by atoms with Crippen molar-refractivity contribution in [3.8, 4) is 11.5 Å². The van der Waals surface area contributed by atoms with E-state index in [1.807, 2.05) is 13.8 Å². The molecule has 0 saturated carbocycles. The molecule has 0 bridgehead atoms. The first-order valence-corrected chi connectivity index (χ1v) is 6.90. The number of phenols is 1. The second kappa shape index (κ2) is 5.91. The molecule has 1 unspecified atom stereocenters. The molecule has 1 aromatic carbocycles. The predicted octanol–water partition coefficient (Wildman–Crippen LogP) is 0.979. The molecule has 1 atom stereocenters. The second-order valence-corrected chi connectivity index (χ2v) is 5.80. The van der Waals surface area contributed by atoms with Gasteiger partial charge in [-0.1, -0.05) is 0 Å². The van der Waals surface area contributed by atoms with E-state index in [1.165, 1.54) is 19.2 Å². The molecule has 1 amide bonds. The maximum absolute atomic E-state index is 12.7. The summed E-state index contributed by atoms with van der Waals surface area (Å²) in [6, 6.07) is 4.60. The van der Waals surface area contributed by atoms with Gasteiger partial charge in [0.1, 0.15) is 11.5 Å². The molecule has 1 aliphatic heterocycles. The van der Waals surface area contributed by atoms with Crippen molar-refractivity contribution in [1.29, 1.82) is 0 Å². The van der Waals surface area contributed by atoms with Gasteiger partial charge in [-0.25, -0.2) is 0 Å². The van der Waals surface area contributed by atoms with Gasteiger partial charge in [0.05, 0.1) is 24.4 Å². The van der Waals surface area contributed by atoms with Crippen LogP contribution in [-0.4, -0.2) is 54.4 Å². The van der Waals surface area contributed by atoms with Crippen LogP contribution in [0.4, 0.5) is 0 Å². The van der Waals surface area contributed by atoms with Gasteiger partial charge in [0.2, 0.25) is 0 Å². The average molecular weight is 294 g/mol. The third-order valence-electron chi connectivity index (χ3n) is 3.47. The zero-order valence-electron chi connectivity index (χ0n) is 12.6. The third kappa shape index (κ3) is 3.46. The van der Waals surface area contributed by atoms with Crippen molar-refractivity contribution < 1.29 is 19.4 Å². The Balaban J connectivity index is 2.26. The quantitative estimate of drug-likeness (QED) is 0.868. The summed E-state index contributed by atoms with van der Waals surface area (Å²) in [4.78, 5) is 14.3. The zero-order valence-corrected chi connectivity index (χ0v) is 12.6. The number of aromatic hydroxyl groups is 1.